The lowest BCUT2D eigenvalue weighted by atomic mass is 9.93. The second-order valence-electron chi connectivity index (χ2n) is 5.59. The highest BCUT2D eigenvalue weighted by Gasteiger charge is 2.29. The number of carbonyl (C=O) groups excluding carboxylic acids is 1. The fourth-order valence-electron chi connectivity index (χ4n) is 2.74. The normalized spacial score (nSPS) is 21.4. The van der Waals surface area contributed by atoms with Gasteiger partial charge in [0.2, 0.25) is 5.91 Å². The van der Waals surface area contributed by atoms with Crippen molar-refractivity contribution >= 4 is 5.91 Å². The number of piperidine rings is 2. The topological polar surface area (TPSA) is 23.6 Å². The molecule has 0 N–H and O–H groups in total. The minimum atomic E-state index is 0.310. The summed E-state index contributed by atoms with van der Waals surface area (Å²) in [6.07, 6.45) is 4.50. The van der Waals surface area contributed by atoms with E-state index in [1.165, 1.54) is 12.8 Å². The van der Waals surface area contributed by atoms with Gasteiger partial charge in [-0.05, 0) is 51.7 Å². The molecule has 0 atom stereocenters. The Balaban J connectivity index is 0.000000829. The second-order valence-corrected chi connectivity index (χ2v) is 5.59. The first kappa shape index (κ1) is 19.4. The van der Waals surface area contributed by atoms with Crippen molar-refractivity contribution in [3.63, 3.8) is 0 Å². The maximum Gasteiger partial charge on any atom is 0.225 e. The fourth-order valence-corrected chi connectivity index (χ4v) is 2.74. The maximum absolute atomic E-state index is 12.3. The zero-order valence-corrected chi connectivity index (χ0v) is 14.6. The molecule has 0 unspecified atom stereocenters. The number of hydrogen-bond donors (Lipinski definition) is 0. The highest BCUT2D eigenvalue weighted by atomic mass is 16.2. The molecule has 0 aromatic heterocycles. The first-order valence-corrected chi connectivity index (χ1v) is 8.64. The molecule has 0 spiro atoms. The van der Waals surface area contributed by atoms with Gasteiger partial charge in [-0.2, -0.15) is 0 Å². The predicted molar refractivity (Wildman–Crippen MR) is 87.9 cm³/mol. The van der Waals surface area contributed by atoms with Gasteiger partial charge in [0.05, 0.1) is 0 Å². The quantitative estimate of drug-likeness (QED) is 0.734. The van der Waals surface area contributed by atoms with Crippen LogP contribution in [0.2, 0.25) is 0 Å². The Hall–Kier alpha value is -0.570. The van der Waals surface area contributed by atoms with Crippen molar-refractivity contribution in [2.75, 3.05) is 33.2 Å². The molecule has 0 radical (unpaired) electrons. The average molecular weight is 284 g/mol. The van der Waals surface area contributed by atoms with Crippen LogP contribution in [0.15, 0.2) is 0 Å². The number of carbonyl (C=O) groups is 1. The standard InChI is InChI=1S/C13H24N2O.2C2H6/c1-11-3-9-15(10-4-11)13(16)12-5-7-14(2)8-6-12;2*1-2/h11-12H,3-10H2,1-2H3;2*1-2H3. The summed E-state index contributed by atoms with van der Waals surface area (Å²) >= 11 is 0. The maximum atomic E-state index is 12.3. The number of hydrogen-bond acceptors (Lipinski definition) is 2. The fraction of sp³-hybridized carbons (Fsp3) is 0.941. The van der Waals surface area contributed by atoms with Crippen LogP contribution in [0.5, 0.6) is 0 Å². The number of amides is 1. The molecule has 2 aliphatic heterocycles. The Morgan fingerprint density at radius 3 is 1.75 bits per heavy atom. The molecule has 1 amide bonds. The lowest BCUT2D eigenvalue weighted by molar-refractivity contribution is -0.138. The third kappa shape index (κ3) is 6.25. The lowest BCUT2D eigenvalue weighted by Crippen LogP contribution is -2.44. The molecule has 120 valence electrons. The minimum Gasteiger partial charge on any atom is -0.342 e. The van der Waals surface area contributed by atoms with E-state index < -0.39 is 0 Å². The van der Waals surface area contributed by atoms with E-state index in [0.29, 0.717) is 11.8 Å². The molecule has 0 aliphatic carbocycles. The van der Waals surface area contributed by atoms with Crippen molar-refractivity contribution in [3.8, 4) is 0 Å². The first-order valence-electron chi connectivity index (χ1n) is 8.64. The van der Waals surface area contributed by atoms with Crippen LogP contribution in [-0.2, 0) is 4.79 Å². The van der Waals surface area contributed by atoms with Gasteiger partial charge in [-0.15, -0.1) is 0 Å². The van der Waals surface area contributed by atoms with E-state index in [4.69, 9.17) is 0 Å². The summed E-state index contributed by atoms with van der Waals surface area (Å²) < 4.78 is 0. The lowest BCUT2D eigenvalue weighted by Gasteiger charge is -2.35. The minimum absolute atomic E-state index is 0.310. The molecule has 2 fully saturated rings. The van der Waals surface area contributed by atoms with Gasteiger partial charge in [-0.3, -0.25) is 4.79 Å². The average Bonchev–Trinajstić information content (AvgIpc) is 2.52. The molecule has 3 heteroatoms. The zero-order chi connectivity index (χ0) is 15.5. The second kappa shape index (κ2) is 11.1. The van der Waals surface area contributed by atoms with E-state index in [9.17, 15) is 4.79 Å². The highest BCUT2D eigenvalue weighted by molar-refractivity contribution is 5.79. The first-order chi connectivity index (χ1) is 9.66. The van der Waals surface area contributed by atoms with Crippen molar-refractivity contribution < 1.29 is 4.79 Å². The molecule has 0 aromatic carbocycles. The number of likely N-dealkylation sites (tertiary alicyclic amines) is 2. The van der Waals surface area contributed by atoms with Gasteiger partial charge in [0.25, 0.3) is 0 Å². The smallest absolute Gasteiger partial charge is 0.225 e. The van der Waals surface area contributed by atoms with Crippen LogP contribution in [0, 0.1) is 11.8 Å². The highest BCUT2D eigenvalue weighted by Crippen LogP contribution is 2.22. The van der Waals surface area contributed by atoms with Crippen molar-refractivity contribution in [1.29, 1.82) is 0 Å². The zero-order valence-electron chi connectivity index (χ0n) is 14.6. The van der Waals surface area contributed by atoms with Crippen LogP contribution in [0.1, 0.15) is 60.3 Å². The van der Waals surface area contributed by atoms with Crippen molar-refractivity contribution in [3.05, 3.63) is 0 Å². The molecule has 0 saturated carbocycles. The van der Waals surface area contributed by atoms with Gasteiger partial charge in [0.1, 0.15) is 0 Å². The molecule has 2 aliphatic rings. The van der Waals surface area contributed by atoms with Crippen LogP contribution in [-0.4, -0.2) is 48.9 Å². The Kier molecular flexibility index (Phi) is 10.8. The molecule has 2 rings (SSSR count). The summed E-state index contributed by atoms with van der Waals surface area (Å²) in [6.45, 7) is 14.4. The van der Waals surface area contributed by atoms with E-state index in [0.717, 1.165) is 44.9 Å². The van der Waals surface area contributed by atoms with E-state index in [1.54, 1.807) is 0 Å². The van der Waals surface area contributed by atoms with Gasteiger partial charge in [-0.1, -0.05) is 34.6 Å². The molecular weight excluding hydrogens is 248 g/mol. The third-order valence-corrected chi connectivity index (χ3v) is 4.16. The Morgan fingerprint density at radius 1 is 0.850 bits per heavy atom. The van der Waals surface area contributed by atoms with Crippen LogP contribution in [0.25, 0.3) is 0 Å². The molecule has 2 heterocycles. The van der Waals surface area contributed by atoms with Crippen molar-refractivity contribution in [1.82, 2.24) is 9.80 Å². The summed E-state index contributed by atoms with van der Waals surface area (Å²) in [5.74, 6) is 1.55. The van der Waals surface area contributed by atoms with E-state index >= 15 is 0 Å². The predicted octanol–water partition coefficient (Wildman–Crippen LogP) is 3.64. The van der Waals surface area contributed by atoms with Gasteiger partial charge in [-0.25, -0.2) is 0 Å². The van der Waals surface area contributed by atoms with E-state index in [1.807, 2.05) is 27.7 Å². The Morgan fingerprint density at radius 2 is 1.30 bits per heavy atom. The Bertz CT molecular complexity index is 215. The van der Waals surface area contributed by atoms with Gasteiger partial charge < -0.3 is 9.80 Å². The summed E-state index contributed by atoms with van der Waals surface area (Å²) in [4.78, 5) is 16.7. The van der Waals surface area contributed by atoms with Crippen LogP contribution >= 0.6 is 0 Å². The van der Waals surface area contributed by atoms with Crippen LogP contribution < -0.4 is 0 Å². The summed E-state index contributed by atoms with van der Waals surface area (Å²) in [7, 11) is 2.14. The van der Waals surface area contributed by atoms with E-state index in [2.05, 4.69) is 23.8 Å². The van der Waals surface area contributed by atoms with Crippen molar-refractivity contribution in [2.24, 2.45) is 11.8 Å². The summed E-state index contributed by atoms with van der Waals surface area (Å²) in [6, 6.07) is 0. The molecule has 3 nitrogen and oxygen atoms in total. The molecular formula is C17H36N2O. The summed E-state index contributed by atoms with van der Waals surface area (Å²) in [5.41, 5.74) is 0. The van der Waals surface area contributed by atoms with Gasteiger partial charge in [0.15, 0.2) is 0 Å². The number of rotatable bonds is 1. The monoisotopic (exact) mass is 284 g/mol. The largest absolute Gasteiger partial charge is 0.342 e. The molecule has 0 bridgehead atoms. The van der Waals surface area contributed by atoms with Crippen molar-refractivity contribution in [2.45, 2.75) is 60.3 Å². The Labute approximate surface area is 126 Å². The van der Waals surface area contributed by atoms with Crippen LogP contribution in [0.3, 0.4) is 0 Å². The molecule has 20 heavy (non-hydrogen) atoms. The van der Waals surface area contributed by atoms with E-state index in [-0.39, 0.29) is 0 Å². The SMILES string of the molecule is CC.CC.CC1CCN(C(=O)C2CCN(C)CC2)CC1. The summed E-state index contributed by atoms with van der Waals surface area (Å²) in [5, 5.41) is 0. The third-order valence-electron chi connectivity index (χ3n) is 4.16. The van der Waals surface area contributed by atoms with Gasteiger partial charge >= 0.3 is 0 Å². The number of nitrogens with zero attached hydrogens (tertiary/aromatic N) is 2. The molecule has 0 aromatic rings. The molecule has 2 saturated heterocycles. The van der Waals surface area contributed by atoms with Gasteiger partial charge in [0, 0.05) is 19.0 Å². The van der Waals surface area contributed by atoms with Crippen LogP contribution in [0.4, 0.5) is 0 Å².